The number of anilines is 2. The summed E-state index contributed by atoms with van der Waals surface area (Å²) in [5.41, 5.74) is 3.97. The zero-order chi connectivity index (χ0) is 21.7. The molecule has 1 unspecified atom stereocenters. The molecule has 1 aliphatic carbocycles. The summed E-state index contributed by atoms with van der Waals surface area (Å²) in [7, 11) is 4.01. The second-order valence-electron chi connectivity index (χ2n) is 8.21. The summed E-state index contributed by atoms with van der Waals surface area (Å²) in [6.45, 7) is 4.47. The second-order valence-corrected chi connectivity index (χ2v) is 8.21. The molecule has 1 aliphatic rings. The van der Waals surface area contributed by atoms with Crippen LogP contribution in [0.25, 0.3) is 0 Å². The van der Waals surface area contributed by atoms with E-state index < -0.39 is 0 Å². The summed E-state index contributed by atoms with van der Waals surface area (Å²) < 4.78 is 0. The van der Waals surface area contributed by atoms with Gasteiger partial charge in [0.05, 0.1) is 5.92 Å². The van der Waals surface area contributed by atoms with Gasteiger partial charge in [0.25, 0.3) is 0 Å². The Morgan fingerprint density at radius 1 is 1.07 bits per heavy atom. The number of nitrogens with one attached hydrogen (secondary N) is 1. The molecule has 0 heterocycles. The molecule has 0 bridgehead atoms. The topological polar surface area (TPSA) is 52.7 Å². The molecule has 2 aromatic rings. The van der Waals surface area contributed by atoms with Crippen molar-refractivity contribution in [2.24, 2.45) is 0 Å². The lowest BCUT2D eigenvalue weighted by molar-refractivity contribution is -0.134. The second kappa shape index (κ2) is 9.79. The lowest BCUT2D eigenvalue weighted by Crippen LogP contribution is -2.36. The molecule has 0 saturated heterocycles. The monoisotopic (exact) mass is 407 g/mol. The van der Waals surface area contributed by atoms with Gasteiger partial charge in [-0.2, -0.15) is 0 Å². The minimum Gasteiger partial charge on any atom is -0.377 e. The van der Waals surface area contributed by atoms with E-state index in [4.69, 9.17) is 0 Å². The van der Waals surface area contributed by atoms with Crippen molar-refractivity contribution in [3.63, 3.8) is 0 Å². The molecule has 0 aliphatic heterocycles. The van der Waals surface area contributed by atoms with Crippen LogP contribution in [0.4, 0.5) is 11.4 Å². The van der Waals surface area contributed by atoms with Crippen LogP contribution in [0, 0.1) is 0 Å². The number of rotatable bonds is 9. The van der Waals surface area contributed by atoms with E-state index in [9.17, 15) is 9.59 Å². The van der Waals surface area contributed by atoms with Crippen LogP contribution in [-0.2, 0) is 16.1 Å². The average Bonchev–Trinajstić information content (AvgIpc) is 3.58. The van der Waals surface area contributed by atoms with Crippen LogP contribution in [0.15, 0.2) is 48.5 Å². The zero-order valence-corrected chi connectivity index (χ0v) is 18.5. The molecule has 30 heavy (non-hydrogen) atoms. The van der Waals surface area contributed by atoms with Gasteiger partial charge in [-0.1, -0.05) is 44.2 Å². The fraction of sp³-hybridized carbons (Fsp3) is 0.440. The van der Waals surface area contributed by atoms with Crippen molar-refractivity contribution in [1.82, 2.24) is 4.90 Å². The molecule has 0 spiro atoms. The van der Waals surface area contributed by atoms with Crippen LogP contribution in [0.5, 0.6) is 0 Å². The van der Waals surface area contributed by atoms with Crippen molar-refractivity contribution in [3.05, 3.63) is 59.7 Å². The SMILES string of the molecule is CCC(=O)Nc1ccc(N(C)C)c(CN(C(=O)C(CC)c2ccccc2)C2CC2)c1. The minimum absolute atomic E-state index is 0.0104. The molecule has 0 radical (unpaired) electrons. The van der Waals surface area contributed by atoms with E-state index in [0.717, 1.165) is 41.8 Å². The molecule has 1 N–H and O–H groups in total. The normalized spacial score (nSPS) is 14.1. The first-order valence-electron chi connectivity index (χ1n) is 10.9. The first-order valence-corrected chi connectivity index (χ1v) is 10.9. The van der Waals surface area contributed by atoms with E-state index in [2.05, 4.69) is 22.0 Å². The van der Waals surface area contributed by atoms with Crippen LogP contribution in [0.2, 0.25) is 0 Å². The first-order chi connectivity index (χ1) is 14.4. The molecule has 2 aromatic carbocycles. The van der Waals surface area contributed by atoms with Gasteiger partial charge >= 0.3 is 0 Å². The van der Waals surface area contributed by atoms with Crippen molar-refractivity contribution in [2.75, 3.05) is 24.3 Å². The third kappa shape index (κ3) is 5.21. The summed E-state index contributed by atoms with van der Waals surface area (Å²) in [4.78, 5) is 29.6. The van der Waals surface area contributed by atoms with Gasteiger partial charge in [-0.05, 0) is 48.6 Å². The fourth-order valence-corrected chi connectivity index (χ4v) is 3.87. The highest BCUT2D eigenvalue weighted by molar-refractivity contribution is 5.91. The lowest BCUT2D eigenvalue weighted by atomic mass is 9.94. The van der Waals surface area contributed by atoms with Crippen LogP contribution in [0.3, 0.4) is 0 Å². The summed E-state index contributed by atoms with van der Waals surface area (Å²) in [6, 6.07) is 16.3. The van der Waals surface area contributed by atoms with E-state index in [0.29, 0.717) is 19.0 Å². The van der Waals surface area contributed by atoms with Gasteiger partial charge in [-0.3, -0.25) is 9.59 Å². The van der Waals surface area contributed by atoms with E-state index in [1.807, 2.05) is 69.6 Å². The number of carbonyl (C=O) groups excluding carboxylic acids is 2. The Balaban J connectivity index is 1.89. The largest absolute Gasteiger partial charge is 0.377 e. The Labute approximate surface area is 180 Å². The lowest BCUT2D eigenvalue weighted by Gasteiger charge is -2.29. The van der Waals surface area contributed by atoms with Gasteiger partial charge in [0.2, 0.25) is 11.8 Å². The number of hydrogen-bond donors (Lipinski definition) is 1. The van der Waals surface area contributed by atoms with Crippen LogP contribution >= 0.6 is 0 Å². The van der Waals surface area contributed by atoms with Gasteiger partial charge < -0.3 is 15.1 Å². The Morgan fingerprint density at radius 2 is 1.77 bits per heavy atom. The van der Waals surface area contributed by atoms with Crippen molar-refractivity contribution < 1.29 is 9.59 Å². The highest BCUT2D eigenvalue weighted by Gasteiger charge is 2.36. The van der Waals surface area contributed by atoms with Crippen LogP contribution < -0.4 is 10.2 Å². The smallest absolute Gasteiger partial charge is 0.230 e. The van der Waals surface area contributed by atoms with E-state index >= 15 is 0 Å². The molecule has 1 atom stereocenters. The number of nitrogens with zero attached hydrogens (tertiary/aromatic N) is 2. The number of amides is 2. The highest BCUT2D eigenvalue weighted by Crippen LogP contribution is 2.35. The minimum atomic E-state index is -0.127. The molecular weight excluding hydrogens is 374 g/mol. The van der Waals surface area contributed by atoms with E-state index in [1.165, 1.54) is 0 Å². The standard InChI is InChI=1S/C25H33N3O2/c1-5-22(18-10-8-7-9-11-18)25(30)28(21-13-14-21)17-19-16-20(26-24(29)6-2)12-15-23(19)27(3)4/h7-12,15-16,21-22H,5-6,13-14,17H2,1-4H3,(H,26,29). The molecule has 1 saturated carbocycles. The Kier molecular flexibility index (Phi) is 7.14. The maximum Gasteiger partial charge on any atom is 0.230 e. The maximum absolute atomic E-state index is 13.6. The Hall–Kier alpha value is -2.82. The summed E-state index contributed by atoms with van der Waals surface area (Å²) in [5, 5.41) is 2.94. The molecule has 5 nitrogen and oxygen atoms in total. The van der Waals surface area contributed by atoms with Crippen molar-refractivity contribution in [2.45, 2.75) is 58.0 Å². The summed E-state index contributed by atoms with van der Waals surface area (Å²) >= 11 is 0. The summed E-state index contributed by atoms with van der Waals surface area (Å²) in [6.07, 6.45) is 3.33. The number of hydrogen-bond acceptors (Lipinski definition) is 3. The van der Waals surface area contributed by atoms with Crippen molar-refractivity contribution in [1.29, 1.82) is 0 Å². The molecule has 3 rings (SSSR count). The van der Waals surface area contributed by atoms with Crippen LogP contribution in [-0.4, -0.2) is 36.9 Å². The van der Waals surface area contributed by atoms with Gasteiger partial charge in [-0.25, -0.2) is 0 Å². The van der Waals surface area contributed by atoms with Crippen LogP contribution in [0.1, 0.15) is 56.6 Å². The Morgan fingerprint density at radius 3 is 2.33 bits per heavy atom. The van der Waals surface area contributed by atoms with E-state index in [-0.39, 0.29) is 17.7 Å². The van der Waals surface area contributed by atoms with E-state index in [1.54, 1.807) is 0 Å². The highest BCUT2D eigenvalue weighted by atomic mass is 16.2. The molecular formula is C25H33N3O2. The number of benzene rings is 2. The summed E-state index contributed by atoms with van der Waals surface area (Å²) in [5.74, 6) is 0.0558. The molecule has 1 fully saturated rings. The first kappa shape index (κ1) is 21.9. The quantitative estimate of drug-likeness (QED) is 0.650. The molecule has 2 amide bonds. The maximum atomic E-state index is 13.6. The fourth-order valence-electron chi connectivity index (χ4n) is 3.87. The van der Waals surface area contributed by atoms with Crippen molar-refractivity contribution >= 4 is 23.2 Å². The third-order valence-corrected chi connectivity index (χ3v) is 5.69. The molecule has 0 aromatic heterocycles. The molecule has 160 valence electrons. The third-order valence-electron chi connectivity index (χ3n) is 5.69. The van der Waals surface area contributed by atoms with Gasteiger partial charge in [0, 0.05) is 44.5 Å². The average molecular weight is 408 g/mol. The zero-order valence-electron chi connectivity index (χ0n) is 18.5. The number of carbonyl (C=O) groups is 2. The predicted molar refractivity (Wildman–Crippen MR) is 123 cm³/mol. The molecule has 5 heteroatoms. The van der Waals surface area contributed by atoms with Gasteiger partial charge in [-0.15, -0.1) is 0 Å². The van der Waals surface area contributed by atoms with Gasteiger partial charge in [0.1, 0.15) is 0 Å². The Bertz CT molecular complexity index is 875. The van der Waals surface area contributed by atoms with Gasteiger partial charge in [0.15, 0.2) is 0 Å². The van der Waals surface area contributed by atoms with Crippen molar-refractivity contribution in [3.8, 4) is 0 Å². The predicted octanol–water partition coefficient (Wildman–Crippen LogP) is 4.79.